The van der Waals surface area contributed by atoms with Gasteiger partial charge in [0.15, 0.2) is 0 Å². The van der Waals surface area contributed by atoms with E-state index < -0.39 is 0 Å². The van der Waals surface area contributed by atoms with Gasteiger partial charge >= 0.3 is 0 Å². The van der Waals surface area contributed by atoms with Crippen molar-refractivity contribution in [2.45, 2.75) is 12.3 Å². The van der Waals surface area contributed by atoms with Crippen molar-refractivity contribution < 1.29 is 5.11 Å². The molecule has 1 heterocycles. The topological polar surface area (TPSA) is 33.1 Å². The van der Waals surface area contributed by atoms with Crippen LogP contribution in [0.2, 0.25) is 0 Å². The molecule has 0 aliphatic heterocycles. The Balaban J connectivity index is 2.13. The molecule has 0 saturated heterocycles. The normalized spacial score (nSPS) is 12.3. The van der Waals surface area contributed by atoms with E-state index in [1.807, 2.05) is 36.5 Å². The Kier molecular flexibility index (Phi) is 3.67. The van der Waals surface area contributed by atoms with Crippen molar-refractivity contribution >= 4 is 0 Å². The molecule has 2 aromatic rings. The van der Waals surface area contributed by atoms with Gasteiger partial charge < -0.3 is 5.11 Å². The zero-order valence-electron chi connectivity index (χ0n) is 9.08. The van der Waals surface area contributed by atoms with E-state index in [2.05, 4.69) is 17.1 Å². The molecule has 0 aliphatic rings. The van der Waals surface area contributed by atoms with Crippen molar-refractivity contribution in [2.24, 2.45) is 0 Å². The SMILES string of the molecule is OCC(Cc1cccnc1)c1ccccc1. The third-order valence-corrected chi connectivity index (χ3v) is 2.70. The molecule has 82 valence electrons. The first kappa shape index (κ1) is 10.8. The fourth-order valence-electron chi connectivity index (χ4n) is 1.82. The summed E-state index contributed by atoms with van der Waals surface area (Å²) in [7, 11) is 0. The molecule has 0 fully saturated rings. The van der Waals surface area contributed by atoms with Crippen LogP contribution in [0.25, 0.3) is 0 Å². The van der Waals surface area contributed by atoms with Crippen molar-refractivity contribution in [3.05, 3.63) is 66.0 Å². The molecule has 0 spiro atoms. The Morgan fingerprint density at radius 2 is 1.88 bits per heavy atom. The minimum absolute atomic E-state index is 0.158. The number of aliphatic hydroxyl groups excluding tert-OH is 1. The molecule has 1 atom stereocenters. The molecule has 2 heteroatoms. The zero-order valence-corrected chi connectivity index (χ0v) is 9.08. The second-order valence-electron chi connectivity index (χ2n) is 3.86. The van der Waals surface area contributed by atoms with Gasteiger partial charge in [0.1, 0.15) is 0 Å². The summed E-state index contributed by atoms with van der Waals surface area (Å²) in [4.78, 5) is 4.08. The van der Waals surface area contributed by atoms with Gasteiger partial charge in [-0.3, -0.25) is 4.98 Å². The van der Waals surface area contributed by atoms with Gasteiger partial charge in [-0.05, 0) is 23.6 Å². The lowest BCUT2D eigenvalue weighted by molar-refractivity contribution is 0.264. The minimum atomic E-state index is 0.158. The molecule has 2 nitrogen and oxygen atoms in total. The second-order valence-corrected chi connectivity index (χ2v) is 3.86. The molecule has 0 radical (unpaired) electrons. The molecule has 1 N–H and O–H groups in total. The summed E-state index contributed by atoms with van der Waals surface area (Å²) in [6.45, 7) is 0.166. The fourth-order valence-corrected chi connectivity index (χ4v) is 1.82. The van der Waals surface area contributed by atoms with E-state index in [1.54, 1.807) is 6.20 Å². The number of hydrogen-bond acceptors (Lipinski definition) is 2. The van der Waals surface area contributed by atoms with Gasteiger partial charge in [-0.1, -0.05) is 36.4 Å². The van der Waals surface area contributed by atoms with E-state index in [1.165, 1.54) is 5.56 Å². The van der Waals surface area contributed by atoms with Gasteiger partial charge in [0, 0.05) is 18.3 Å². The number of nitrogens with zero attached hydrogens (tertiary/aromatic N) is 1. The van der Waals surface area contributed by atoms with Crippen LogP contribution in [-0.2, 0) is 6.42 Å². The number of pyridine rings is 1. The highest BCUT2D eigenvalue weighted by molar-refractivity contribution is 5.22. The van der Waals surface area contributed by atoms with Gasteiger partial charge in [0.2, 0.25) is 0 Å². The lowest BCUT2D eigenvalue weighted by Crippen LogP contribution is -2.07. The highest BCUT2D eigenvalue weighted by Crippen LogP contribution is 2.19. The van der Waals surface area contributed by atoms with Gasteiger partial charge in [-0.25, -0.2) is 0 Å². The van der Waals surface area contributed by atoms with Crippen LogP contribution in [0.15, 0.2) is 54.9 Å². The van der Waals surface area contributed by atoms with E-state index >= 15 is 0 Å². The maximum Gasteiger partial charge on any atom is 0.0502 e. The van der Waals surface area contributed by atoms with Crippen molar-refractivity contribution in [1.29, 1.82) is 0 Å². The number of aromatic nitrogens is 1. The van der Waals surface area contributed by atoms with Crippen LogP contribution in [-0.4, -0.2) is 16.7 Å². The molecule has 0 aliphatic carbocycles. The van der Waals surface area contributed by atoms with Crippen LogP contribution in [0.4, 0.5) is 0 Å². The summed E-state index contributed by atoms with van der Waals surface area (Å²) in [6, 6.07) is 14.1. The quantitative estimate of drug-likeness (QED) is 0.846. The molecule has 0 amide bonds. The summed E-state index contributed by atoms with van der Waals surface area (Å²) in [5.74, 6) is 0.158. The Labute approximate surface area is 95.6 Å². The summed E-state index contributed by atoms with van der Waals surface area (Å²) >= 11 is 0. The number of rotatable bonds is 4. The molecule has 0 saturated carbocycles. The molecule has 1 aromatic carbocycles. The van der Waals surface area contributed by atoms with Crippen LogP contribution >= 0.6 is 0 Å². The first-order valence-corrected chi connectivity index (χ1v) is 5.45. The van der Waals surface area contributed by atoms with Gasteiger partial charge in [-0.2, -0.15) is 0 Å². The van der Waals surface area contributed by atoms with Crippen molar-refractivity contribution in [2.75, 3.05) is 6.61 Å². The zero-order chi connectivity index (χ0) is 11.2. The van der Waals surface area contributed by atoms with E-state index in [-0.39, 0.29) is 12.5 Å². The largest absolute Gasteiger partial charge is 0.396 e. The highest BCUT2D eigenvalue weighted by Gasteiger charge is 2.10. The third-order valence-electron chi connectivity index (χ3n) is 2.70. The predicted octanol–water partition coefficient (Wildman–Crippen LogP) is 2.40. The number of hydrogen-bond donors (Lipinski definition) is 1. The smallest absolute Gasteiger partial charge is 0.0502 e. The molecular weight excluding hydrogens is 198 g/mol. The molecule has 0 bridgehead atoms. The lowest BCUT2D eigenvalue weighted by atomic mass is 9.93. The molecule has 2 rings (SSSR count). The van der Waals surface area contributed by atoms with Gasteiger partial charge in [-0.15, -0.1) is 0 Å². The monoisotopic (exact) mass is 213 g/mol. The number of benzene rings is 1. The first-order chi connectivity index (χ1) is 7.90. The third kappa shape index (κ3) is 2.67. The molecular formula is C14H15NO. The van der Waals surface area contributed by atoms with Crippen LogP contribution in [0.1, 0.15) is 17.0 Å². The van der Waals surface area contributed by atoms with Gasteiger partial charge in [0.05, 0.1) is 6.61 Å². The van der Waals surface area contributed by atoms with Crippen LogP contribution in [0.3, 0.4) is 0 Å². The van der Waals surface area contributed by atoms with E-state index in [0.29, 0.717) is 0 Å². The Morgan fingerprint density at radius 3 is 2.50 bits per heavy atom. The Bertz CT molecular complexity index is 413. The molecule has 16 heavy (non-hydrogen) atoms. The van der Waals surface area contributed by atoms with Crippen LogP contribution < -0.4 is 0 Å². The Morgan fingerprint density at radius 1 is 1.06 bits per heavy atom. The summed E-state index contributed by atoms with van der Waals surface area (Å²) in [6.07, 6.45) is 4.44. The number of aliphatic hydroxyl groups is 1. The summed E-state index contributed by atoms with van der Waals surface area (Å²) in [5.41, 5.74) is 2.33. The summed E-state index contributed by atoms with van der Waals surface area (Å²) in [5, 5.41) is 9.42. The lowest BCUT2D eigenvalue weighted by Gasteiger charge is -2.14. The van der Waals surface area contributed by atoms with E-state index in [4.69, 9.17) is 0 Å². The van der Waals surface area contributed by atoms with E-state index in [9.17, 15) is 5.11 Å². The average Bonchev–Trinajstić information content (AvgIpc) is 2.38. The summed E-state index contributed by atoms with van der Waals surface area (Å²) < 4.78 is 0. The van der Waals surface area contributed by atoms with Crippen LogP contribution in [0.5, 0.6) is 0 Å². The molecule has 1 aromatic heterocycles. The predicted molar refractivity (Wildman–Crippen MR) is 64.2 cm³/mol. The van der Waals surface area contributed by atoms with Crippen molar-refractivity contribution in [3.8, 4) is 0 Å². The van der Waals surface area contributed by atoms with Crippen molar-refractivity contribution in [1.82, 2.24) is 4.98 Å². The Hall–Kier alpha value is -1.67. The highest BCUT2D eigenvalue weighted by atomic mass is 16.3. The minimum Gasteiger partial charge on any atom is -0.396 e. The van der Waals surface area contributed by atoms with Gasteiger partial charge in [0.25, 0.3) is 0 Å². The first-order valence-electron chi connectivity index (χ1n) is 5.45. The average molecular weight is 213 g/mol. The maximum absolute atomic E-state index is 9.42. The van der Waals surface area contributed by atoms with Crippen LogP contribution in [0, 0.1) is 0 Å². The van der Waals surface area contributed by atoms with E-state index in [0.717, 1.165) is 12.0 Å². The maximum atomic E-state index is 9.42. The molecule has 1 unspecified atom stereocenters. The van der Waals surface area contributed by atoms with Crippen molar-refractivity contribution in [3.63, 3.8) is 0 Å². The standard InChI is InChI=1S/C14H15NO/c16-11-14(13-6-2-1-3-7-13)9-12-5-4-8-15-10-12/h1-8,10,14,16H,9,11H2. The second kappa shape index (κ2) is 5.42. The fraction of sp³-hybridized carbons (Fsp3) is 0.214.